The average molecular weight is 412 g/mol. The Labute approximate surface area is 171 Å². The molecule has 0 spiro atoms. The fourth-order valence-corrected chi connectivity index (χ4v) is 3.26. The molecule has 1 aromatic heterocycles. The summed E-state index contributed by atoms with van der Waals surface area (Å²) in [4.78, 5) is 29.4. The largest absolute Gasteiger partial charge is 0.497 e. The highest BCUT2D eigenvalue weighted by Crippen LogP contribution is 2.29. The van der Waals surface area contributed by atoms with Crippen LogP contribution in [0.4, 0.5) is 11.6 Å². The van der Waals surface area contributed by atoms with E-state index >= 15 is 0 Å². The lowest BCUT2D eigenvalue weighted by Crippen LogP contribution is -2.36. The molecule has 148 valence electrons. The number of carbonyl (C=O) groups excluding carboxylic acids is 2. The number of anilines is 2. The van der Waals surface area contributed by atoms with Crippen LogP contribution in [0.5, 0.6) is 5.75 Å². The molecule has 3 aromatic rings. The molecule has 0 fully saturated rings. The highest BCUT2D eigenvalue weighted by atomic mass is 35.5. The molecule has 0 bridgehead atoms. The van der Waals surface area contributed by atoms with Crippen LogP contribution in [0, 0.1) is 6.92 Å². The van der Waals surface area contributed by atoms with E-state index in [-0.39, 0.29) is 24.2 Å². The molecule has 1 aliphatic rings. The van der Waals surface area contributed by atoms with Crippen molar-refractivity contribution in [3.05, 3.63) is 53.1 Å². The molecule has 1 atom stereocenters. The van der Waals surface area contributed by atoms with Crippen molar-refractivity contribution in [2.45, 2.75) is 19.4 Å². The molecule has 8 nitrogen and oxygen atoms in total. The monoisotopic (exact) mass is 411 g/mol. The third kappa shape index (κ3) is 3.66. The fraction of sp³-hybridized carbons (Fsp3) is 0.200. The number of halogens is 1. The molecule has 0 radical (unpaired) electrons. The van der Waals surface area contributed by atoms with Crippen molar-refractivity contribution in [2.75, 3.05) is 17.7 Å². The highest BCUT2D eigenvalue weighted by molar-refractivity contribution is 6.31. The Morgan fingerprint density at radius 1 is 1.28 bits per heavy atom. The lowest BCUT2D eigenvalue weighted by Gasteiger charge is -2.23. The molecule has 1 aliphatic heterocycles. The first kappa shape index (κ1) is 18.9. The Kier molecular flexibility index (Phi) is 4.94. The Morgan fingerprint density at radius 3 is 2.76 bits per heavy atom. The van der Waals surface area contributed by atoms with Gasteiger partial charge in [-0.25, -0.2) is 4.68 Å². The third-order valence-corrected chi connectivity index (χ3v) is 5.14. The summed E-state index contributed by atoms with van der Waals surface area (Å²) in [5.41, 5.74) is 2.08. The summed E-state index contributed by atoms with van der Waals surface area (Å²) in [7, 11) is 1.59. The van der Waals surface area contributed by atoms with Crippen molar-refractivity contribution in [3.8, 4) is 17.1 Å². The maximum atomic E-state index is 12.9. The number of hydrogen-bond donors (Lipinski definition) is 2. The van der Waals surface area contributed by atoms with E-state index in [1.165, 1.54) is 4.68 Å². The molecular formula is C20H18ClN5O3. The number of amides is 2. The highest BCUT2D eigenvalue weighted by Gasteiger charge is 2.33. The Bertz CT molecular complexity index is 1090. The van der Waals surface area contributed by atoms with Crippen LogP contribution in [-0.4, -0.2) is 33.7 Å². The zero-order chi connectivity index (χ0) is 20.5. The second-order valence-electron chi connectivity index (χ2n) is 6.60. The summed E-state index contributed by atoms with van der Waals surface area (Å²) in [6.45, 7) is 1.81. The van der Waals surface area contributed by atoms with Gasteiger partial charge in [0.1, 0.15) is 11.8 Å². The fourth-order valence-electron chi connectivity index (χ4n) is 3.09. The summed E-state index contributed by atoms with van der Waals surface area (Å²) < 4.78 is 6.60. The van der Waals surface area contributed by atoms with Crippen molar-refractivity contribution in [3.63, 3.8) is 0 Å². The molecule has 4 rings (SSSR count). The molecule has 0 aliphatic carbocycles. The van der Waals surface area contributed by atoms with E-state index in [0.29, 0.717) is 22.3 Å². The first-order chi connectivity index (χ1) is 14.0. The van der Waals surface area contributed by atoms with Gasteiger partial charge in [0.15, 0.2) is 5.82 Å². The van der Waals surface area contributed by atoms with Crippen molar-refractivity contribution in [2.24, 2.45) is 0 Å². The van der Waals surface area contributed by atoms with Crippen LogP contribution in [0.2, 0.25) is 5.02 Å². The van der Waals surface area contributed by atoms with Gasteiger partial charge in [0.2, 0.25) is 17.8 Å². The van der Waals surface area contributed by atoms with Crippen molar-refractivity contribution >= 4 is 35.1 Å². The Hall–Kier alpha value is -3.39. The van der Waals surface area contributed by atoms with Gasteiger partial charge < -0.3 is 10.1 Å². The zero-order valence-electron chi connectivity index (χ0n) is 15.8. The van der Waals surface area contributed by atoms with E-state index in [1.807, 2.05) is 19.1 Å². The van der Waals surface area contributed by atoms with Gasteiger partial charge in [0.25, 0.3) is 0 Å². The topological polar surface area (TPSA) is 98.1 Å². The van der Waals surface area contributed by atoms with Crippen LogP contribution in [-0.2, 0) is 9.59 Å². The maximum absolute atomic E-state index is 12.9. The van der Waals surface area contributed by atoms with Gasteiger partial charge in [-0.3, -0.25) is 14.9 Å². The molecular weight excluding hydrogens is 394 g/mol. The molecule has 0 saturated carbocycles. The number of methoxy groups -OCH3 is 1. The first-order valence-corrected chi connectivity index (χ1v) is 9.31. The van der Waals surface area contributed by atoms with Gasteiger partial charge in [-0.2, -0.15) is 4.98 Å². The SMILES string of the molecule is COc1ccc(-c2nc3n(n2)[C@@H](C(=O)Nc2cccc(Cl)c2C)CC(=O)N3)cc1. The molecule has 0 unspecified atom stereocenters. The van der Waals surface area contributed by atoms with Gasteiger partial charge in [0, 0.05) is 16.3 Å². The van der Waals surface area contributed by atoms with E-state index in [9.17, 15) is 9.59 Å². The molecule has 2 aromatic carbocycles. The van der Waals surface area contributed by atoms with Gasteiger partial charge in [0.05, 0.1) is 13.5 Å². The molecule has 2 heterocycles. The predicted octanol–water partition coefficient (Wildman–Crippen LogP) is 3.44. The van der Waals surface area contributed by atoms with Crippen LogP contribution in [0.1, 0.15) is 18.0 Å². The summed E-state index contributed by atoms with van der Waals surface area (Å²) in [5, 5.41) is 10.5. The summed E-state index contributed by atoms with van der Waals surface area (Å²) in [6, 6.07) is 11.6. The van der Waals surface area contributed by atoms with Crippen molar-refractivity contribution < 1.29 is 14.3 Å². The molecule has 0 saturated heterocycles. The van der Waals surface area contributed by atoms with E-state index < -0.39 is 6.04 Å². The number of fused-ring (bicyclic) bond motifs is 1. The smallest absolute Gasteiger partial charge is 0.249 e. The Balaban J connectivity index is 1.64. The number of hydrogen-bond acceptors (Lipinski definition) is 5. The normalized spacial score (nSPS) is 15.4. The summed E-state index contributed by atoms with van der Waals surface area (Å²) >= 11 is 6.13. The average Bonchev–Trinajstić information content (AvgIpc) is 3.14. The number of nitrogens with one attached hydrogen (secondary N) is 2. The van der Waals surface area contributed by atoms with Crippen LogP contribution in [0.25, 0.3) is 11.4 Å². The number of benzene rings is 2. The van der Waals surface area contributed by atoms with Gasteiger partial charge in [-0.05, 0) is 48.9 Å². The van der Waals surface area contributed by atoms with Gasteiger partial charge in [-0.1, -0.05) is 17.7 Å². The lowest BCUT2D eigenvalue weighted by molar-refractivity contribution is -0.125. The zero-order valence-corrected chi connectivity index (χ0v) is 16.5. The van der Waals surface area contributed by atoms with Crippen LogP contribution in [0.15, 0.2) is 42.5 Å². The Morgan fingerprint density at radius 2 is 2.03 bits per heavy atom. The minimum absolute atomic E-state index is 0.0378. The van der Waals surface area contributed by atoms with Gasteiger partial charge >= 0.3 is 0 Å². The lowest BCUT2D eigenvalue weighted by atomic mass is 10.1. The third-order valence-electron chi connectivity index (χ3n) is 4.73. The van der Waals surface area contributed by atoms with E-state index in [0.717, 1.165) is 11.1 Å². The number of carbonyl (C=O) groups is 2. The maximum Gasteiger partial charge on any atom is 0.249 e. The van der Waals surface area contributed by atoms with Crippen molar-refractivity contribution in [1.82, 2.24) is 14.8 Å². The number of aromatic nitrogens is 3. The van der Waals surface area contributed by atoms with E-state index in [1.54, 1.807) is 37.4 Å². The van der Waals surface area contributed by atoms with Crippen molar-refractivity contribution in [1.29, 1.82) is 0 Å². The number of rotatable bonds is 4. The molecule has 2 N–H and O–H groups in total. The summed E-state index contributed by atoms with van der Waals surface area (Å²) in [5.74, 6) is 0.684. The summed E-state index contributed by atoms with van der Waals surface area (Å²) in [6.07, 6.45) is -0.0378. The minimum atomic E-state index is -0.823. The van der Waals surface area contributed by atoms with E-state index in [4.69, 9.17) is 16.3 Å². The molecule has 2 amide bonds. The molecule has 29 heavy (non-hydrogen) atoms. The quantitative estimate of drug-likeness (QED) is 0.685. The predicted molar refractivity (Wildman–Crippen MR) is 109 cm³/mol. The minimum Gasteiger partial charge on any atom is -0.497 e. The van der Waals surface area contributed by atoms with Gasteiger partial charge in [-0.15, -0.1) is 5.10 Å². The van der Waals surface area contributed by atoms with Crippen LogP contribution >= 0.6 is 11.6 Å². The standard InChI is InChI=1S/C20H18ClN5O3/c1-11-14(21)4-3-5-15(11)22-19(28)16-10-17(27)23-20-24-18(25-26(16)20)12-6-8-13(29-2)9-7-12/h3-9,16H,10H2,1-2H3,(H,22,28)(H,23,24,25,27)/t16-/m1/s1. The second kappa shape index (κ2) is 7.56. The molecule has 9 heteroatoms. The van der Waals surface area contributed by atoms with Crippen LogP contribution in [0.3, 0.4) is 0 Å². The van der Waals surface area contributed by atoms with Crippen LogP contribution < -0.4 is 15.4 Å². The van der Waals surface area contributed by atoms with E-state index in [2.05, 4.69) is 20.7 Å². The first-order valence-electron chi connectivity index (χ1n) is 8.93. The second-order valence-corrected chi connectivity index (χ2v) is 7.01. The number of nitrogens with zero attached hydrogens (tertiary/aromatic N) is 3. The number of ether oxygens (including phenoxy) is 1.